The highest BCUT2D eigenvalue weighted by Gasteiger charge is 2.18. The van der Waals surface area contributed by atoms with Gasteiger partial charge in [0.2, 0.25) is 0 Å². The zero-order chi connectivity index (χ0) is 9.97. The molecular formula is C12H18N2. The number of rotatable bonds is 2. The first-order valence-electron chi connectivity index (χ1n) is 5.43. The molecule has 1 heterocycles. The third kappa shape index (κ3) is 1.75. The Morgan fingerprint density at radius 3 is 3.00 bits per heavy atom. The van der Waals surface area contributed by atoms with Crippen molar-refractivity contribution in [1.82, 2.24) is 5.32 Å². The van der Waals surface area contributed by atoms with Crippen LogP contribution in [0.4, 0.5) is 5.69 Å². The molecule has 2 nitrogen and oxygen atoms in total. The summed E-state index contributed by atoms with van der Waals surface area (Å²) in [4.78, 5) is 0. The van der Waals surface area contributed by atoms with Crippen molar-refractivity contribution in [2.45, 2.75) is 32.2 Å². The number of nitrogens with two attached hydrogens (primary N) is 1. The molecule has 1 saturated heterocycles. The van der Waals surface area contributed by atoms with Crippen LogP contribution in [0, 0.1) is 0 Å². The van der Waals surface area contributed by atoms with E-state index in [0.717, 1.165) is 18.7 Å². The Balaban J connectivity index is 2.33. The van der Waals surface area contributed by atoms with Crippen molar-refractivity contribution in [3.8, 4) is 0 Å². The van der Waals surface area contributed by atoms with Crippen molar-refractivity contribution in [3.05, 3.63) is 29.3 Å². The number of anilines is 1. The maximum atomic E-state index is 5.82. The molecule has 2 heteroatoms. The fourth-order valence-corrected chi connectivity index (χ4v) is 2.21. The largest absolute Gasteiger partial charge is 0.399 e. The van der Waals surface area contributed by atoms with Gasteiger partial charge in [0, 0.05) is 11.7 Å². The van der Waals surface area contributed by atoms with Crippen molar-refractivity contribution < 1.29 is 0 Å². The van der Waals surface area contributed by atoms with Gasteiger partial charge in [-0.15, -0.1) is 0 Å². The third-order valence-corrected chi connectivity index (χ3v) is 2.99. The van der Waals surface area contributed by atoms with Gasteiger partial charge in [0.25, 0.3) is 0 Å². The Kier molecular flexibility index (Phi) is 2.73. The molecule has 0 bridgehead atoms. The minimum atomic E-state index is 0.536. The van der Waals surface area contributed by atoms with E-state index in [1.165, 1.54) is 24.0 Å². The van der Waals surface area contributed by atoms with Gasteiger partial charge in [-0.05, 0) is 49.1 Å². The van der Waals surface area contributed by atoms with Crippen LogP contribution in [0.15, 0.2) is 18.2 Å². The predicted molar refractivity (Wildman–Crippen MR) is 60.2 cm³/mol. The molecule has 1 atom stereocenters. The van der Waals surface area contributed by atoms with Crippen LogP contribution in [0.1, 0.15) is 36.9 Å². The molecule has 1 aromatic carbocycles. The van der Waals surface area contributed by atoms with E-state index in [1.807, 2.05) is 6.07 Å². The highest BCUT2D eigenvalue weighted by atomic mass is 14.9. The summed E-state index contributed by atoms with van der Waals surface area (Å²) in [5, 5.41) is 3.52. The summed E-state index contributed by atoms with van der Waals surface area (Å²) >= 11 is 0. The zero-order valence-corrected chi connectivity index (χ0v) is 8.72. The zero-order valence-electron chi connectivity index (χ0n) is 8.72. The van der Waals surface area contributed by atoms with Gasteiger partial charge in [0.05, 0.1) is 0 Å². The van der Waals surface area contributed by atoms with Crippen LogP contribution in [0.2, 0.25) is 0 Å². The van der Waals surface area contributed by atoms with E-state index in [0.29, 0.717) is 6.04 Å². The number of hydrogen-bond donors (Lipinski definition) is 2. The first-order chi connectivity index (χ1) is 6.81. The van der Waals surface area contributed by atoms with Crippen molar-refractivity contribution in [2.75, 3.05) is 12.3 Å². The topological polar surface area (TPSA) is 38.0 Å². The molecule has 0 amide bonds. The van der Waals surface area contributed by atoms with Crippen LogP contribution in [0.3, 0.4) is 0 Å². The second-order valence-corrected chi connectivity index (χ2v) is 3.96. The molecule has 1 unspecified atom stereocenters. The molecule has 1 aromatic rings. The second-order valence-electron chi connectivity index (χ2n) is 3.96. The summed E-state index contributed by atoms with van der Waals surface area (Å²) < 4.78 is 0. The summed E-state index contributed by atoms with van der Waals surface area (Å²) in [6, 6.07) is 6.82. The van der Waals surface area contributed by atoms with E-state index >= 15 is 0 Å². The Morgan fingerprint density at radius 1 is 1.50 bits per heavy atom. The van der Waals surface area contributed by atoms with E-state index in [-0.39, 0.29) is 0 Å². The van der Waals surface area contributed by atoms with Crippen molar-refractivity contribution in [2.24, 2.45) is 0 Å². The summed E-state index contributed by atoms with van der Waals surface area (Å²) in [5.74, 6) is 0. The number of benzene rings is 1. The Morgan fingerprint density at radius 2 is 2.36 bits per heavy atom. The molecule has 14 heavy (non-hydrogen) atoms. The van der Waals surface area contributed by atoms with Gasteiger partial charge in [0.15, 0.2) is 0 Å². The lowest BCUT2D eigenvalue weighted by Crippen LogP contribution is -2.14. The molecule has 0 saturated carbocycles. The predicted octanol–water partition coefficient (Wildman–Crippen LogP) is 2.26. The average Bonchev–Trinajstić information content (AvgIpc) is 2.70. The molecule has 0 aromatic heterocycles. The van der Waals surface area contributed by atoms with E-state index < -0.39 is 0 Å². The first kappa shape index (κ1) is 9.53. The van der Waals surface area contributed by atoms with Crippen molar-refractivity contribution >= 4 is 5.69 Å². The molecule has 0 aliphatic carbocycles. The summed E-state index contributed by atoms with van der Waals surface area (Å²) in [5.41, 5.74) is 9.54. The highest BCUT2D eigenvalue weighted by molar-refractivity contribution is 5.46. The minimum Gasteiger partial charge on any atom is -0.399 e. The molecule has 3 N–H and O–H groups in total. The van der Waals surface area contributed by atoms with E-state index in [4.69, 9.17) is 5.73 Å². The van der Waals surface area contributed by atoms with Crippen LogP contribution in [-0.2, 0) is 6.42 Å². The van der Waals surface area contributed by atoms with Crippen LogP contribution >= 0.6 is 0 Å². The van der Waals surface area contributed by atoms with Crippen molar-refractivity contribution in [3.63, 3.8) is 0 Å². The molecule has 1 aliphatic heterocycles. The SMILES string of the molecule is CCc1ccc(N)cc1C1CCCN1. The maximum absolute atomic E-state index is 5.82. The van der Waals surface area contributed by atoms with Crippen molar-refractivity contribution in [1.29, 1.82) is 0 Å². The maximum Gasteiger partial charge on any atom is 0.0324 e. The van der Waals surface area contributed by atoms with E-state index in [9.17, 15) is 0 Å². The molecule has 0 spiro atoms. The Labute approximate surface area is 85.5 Å². The van der Waals surface area contributed by atoms with Crippen LogP contribution in [0.25, 0.3) is 0 Å². The monoisotopic (exact) mass is 190 g/mol. The number of hydrogen-bond acceptors (Lipinski definition) is 2. The summed E-state index contributed by atoms with van der Waals surface area (Å²) in [6.07, 6.45) is 3.62. The number of nitrogen functional groups attached to an aromatic ring is 1. The molecule has 1 fully saturated rings. The van der Waals surface area contributed by atoms with Gasteiger partial charge in [-0.1, -0.05) is 13.0 Å². The lowest BCUT2D eigenvalue weighted by atomic mass is 9.97. The highest BCUT2D eigenvalue weighted by Crippen LogP contribution is 2.27. The molecule has 0 radical (unpaired) electrons. The van der Waals surface area contributed by atoms with Gasteiger partial charge in [-0.25, -0.2) is 0 Å². The van der Waals surface area contributed by atoms with E-state index in [1.54, 1.807) is 0 Å². The number of aryl methyl sites for hydroxylation is 1. The molecule has 76 valence electrons. The number of nitrogens with one attached hydrogen (secondary N) is 1. The van der Waals surface area contributed by atoms with Gasteiger partial charge in [0.1, 0.15) is 0 Å². The quantitative estimate of drug-likeness (QED) is 0.702. The summed E-state index contributed by atoms with van der Waals surface area (Å²) in [7, 11) is 0. The van der Waals surface area contributed by atoms with E-state index in [2.05, 4.69) is 24.4 Å². The summed E-state index contributed by atoms with van der Waals surface area (Å²) in [6.45, 7) is 3.34. The van der Waals surface area contributed by atoms with Gasteiger partial charge >= 0.3 is 0 Å². The lowest BCUT2D eigenvalue weighted by Gasteiger charge is -2.15. The Hall–Kier alpha value is -1.02. The van der Waals surface area contributed by atoms with Crippen LogP contribution in [0.5, 0.6) is 0 Å². The molecule has 2 rings (SSSR count). The van der Waals surface area contributed by atoms with Gasteiger partial charge in [-0.2, -0.15) is 0 Å². The lowest BCUT2D eigenvalue weighted by molar-refractivity contribution is 0.641. The standard InChI is InChI=1S/C12H18N2/c1-2-9-5-6-10(13)8-11(9)12-4-3-7-14-12/h5-6,8,12,14H,2-4,7,13H2,1H3. The molecule has 1 aliphatic rings. The van der Waals surface area contributed by atoms with Crippen LogP contribution < -0.4 is 11.1 Å². The average molecular weight is 190 g/mol. The van der Waals surface area contributed by atoms with Crippen LogP contribution in [-0.4, -0.2) is 6.54 Å². The van der Waals surface area contributed by atoms with Gasteiger partial charge in [-0.3, -0.25) is 0 Å². The fraction of sp³-hybridized carbons (Fsp3) is 0.500. The third-order valence-electron chi connectivity index (χ3n) is 2.99. The molecular weight excluding hydrogens is 172 g/mol. The van der Waals surface area contributed by atoms with Gasteiger partial charge < -0.3 is 11.1 Å². The smallest absolute Gasteiger partial charge is 0.0324 e. The normalized spacial score (nSPS) is 21.4. The first-order valence-corrected chi connectivity index (χ1v) is 5.43. The fourth-order valence-electron chi connectivity index (χ4n) is 2.21. The minimum absolute atomic E-state index is 0.536. The Bertz CT molecular complexity index is 314. The second kappa shape index (κ2) is 4.01.